The van der Waals surface area contributed by atoms with Gasteiger partial charge in [0.1, 0.15) is 0 Å². The molecule has 0 aliphatic carbocycles. The van der Waals surface area contributed by atoms with Crippen LogP contribution in [-0.4, -0.2) is 25.0 Å². The molecule has 0 aromatic heterocycles. The van der Waals surface area contributed by atoms with E-state index in [1.807, 2.05) is 0 Å². The summed E-state index contributed by atoms with van der Waals surface area (Å²) in [7, 11) is 0. The van der Waals surface area contributed by atoms with Crippen molar-refractivity contribution in [2.24, 2.45) is 5.92 Å². The first kappa shape index (κ1) is 14.2. The Labute approximate surface area is 121 Å². The molecule has 0 spiro atoms. The first-order valence-corrected chi connectivity index (χ1v) is 6.71. The molecule has 0 bridgehead atoms. The SMILES string of the molecule is CCOC(=O)[C@H]1CC(=O)N(c2cccc(Cl)c2Cl)C1. The fourth-order valence-corrected chi connectivity index (χ4v) is 2.46. The fraction of sp³-hybridized carbons (Fsp3) is 0.385. The molecule has 0 N–H and O–H groups in total. The van der Waals surface area contributed by atoms with Crippen molar-refractivity contribution in [1.29, 1.82) is 0 Å². The molecule has 1 amide bonds. The van der Waals surface area contributed by atoms with Gasteiger partial charge in [-0.15, -0.1) is 0 Å². The Balaban J connectivity index is 2.20. The zero-order valence-electron chi connectivity index (χ0n) is 10.4. The van der Waals surface area contributed by atoms with Gasteiger partial charge in [-0.2, -0.15) is 0 Å². The Morgan fingerprint density at radius 3 is 2.89 bits per heavy atom. The fourth-order valence-electron chi connectivity index (χ4n) is 2.06. The minimum absolute atomic E-state index is 0.141. The summed E-state index contributed by atoms with van der Waals surface area (Å²) in [4.78, 5) is 25.1. The molecular weight excluding hydrogens is 289 g/mol. The highest BCUT2D eigenvalue weighted by Crippen LogP contribution is 2.35. The summed E-state index contributed by atoms with van der Waals surface area (Å²) in [5.74, 6) is -0.943. The molecule has 1 aromatic carbocycles. The predicted octanol–water partition coefficient (Wildman–Crippen LogP) is 2.91. The molecule has 1 fully saturated rings. The number of carbonyl (C=O) groups excluding carboxylic acids is 2. The van der Waals surface area contributed by atoms with Crippen LogP contribution < -0.4 is 4.90 Å². The molecule has 102 valence electrons. The highest BCUT2D eigenvalue weighted by molar-refractivity contribution is 6.44. The van der Waals surface area contributed by atoms with Gasteiger partial charge in [0.15, 0.2) is 0 Å². The summed E-state index contributed by atoms with van der Waals surface area (Å²) in [6.45, 7) is 2.32. The minimum Gasteiger partial charge on any atom is -0.466 e. The molecule has 1 aromatic rings. The monoisotopic (exact) mass is 301 g/mol. The third-order valence-corrected chi connectivity index (χ3v) is 3.78. The van der Waals surface area contributed by atoms with Crippen molar-refractivity contribution in [3.63, 3.8) is 0 Å². The highest BCUT2D eigenvalue weighted by Gasteiger charge is 2.36. The molecule has 19 heavy (non-hydrogen) atoms. The molecule has 2 rings (SSSR count). The van der Waals surface area contributed by atoms with E-state index in [4.69, 9.17) is 27.9 Å². The number of benzene rings is 1. The van der Waals surface area contributed by atoms with Crippen LogP contribution in [0.25, 0.3) is 0 Å². The second-order valence-electron chi connectivity index (χ2n) is 4.23. The third-order valence-electron chi connectivity index (χ3n) is 2.97. The number of anilines is 1. The van der Waals surface area contributed by atoms with E-state index < -0.39 is 5.92 Å². The number of hydrogen-bond acceptors (Lipinski definition) is 3. The van der Waals surface area contributed by atoms with Crippen molar-refractivity contribution in [3.05, 3.63) is 28.2 Å². The summed E-state index contributed by atoms with van der Waals surface area (Å²) in [5, 5.41) is 0.702. The second-order valence-corrected chi connectivity index (χ2v) is 5.02. The number of esters is 1. The van der Waals surface area contributed by atoms with E-state index in [0.717, 1.165) is 0 Å². The number of amides is 1. The zero-order chi connectivity index (χ0) is 14.0. The van der Waals surface area contributed by atoms with E-state index in [9.17, 15) is 9.59 Å². The van der Waals surface area contributed by atoms with Gasteiger partial charge in [-0.1, -0.05) is 29.3 Å². The summed E-state index contributed by atoms with van der Waals surface area (Å²) in [5.41, 5.74) is 0.533. The molecular formula is C13H13Cl2NO3. The zero-order valence-corrected chi connectivity index (χ0v) is 11.9. The maximum Gasteiger partial charge on any atom is 0.311 e. The van der Waals surface area contributed by atoms with E-state index in [1.54, 1.807) is 25.1 Å². The van der Waals surface area contributed by atoms with Gasteiger partial charge < -0.3 is 9.64 Å². The van der Waals surface area contributed by atoms with Crippen molar-refractivity contribution in [2.75, 3.05) is 18.1 Å². The molecule has 1 atom stereocenters. The Morgan fingerprint density at radius 1 is 1.47 bits per heavy atom. The molecule has 0 unspecified atom stereocenters. The largest absolute Gasteiger partial charge is 0.466 e. The molecule has 1 heterocycles. The van der Waals surface area contributed by atoms with Crippen molar-refractivity contribution < 1.29 is 14.3 Å². The van der Waals surface area contributed by atoms with Crippen LogP contribution in [-0.2, 0) is 14.3 Å². The number of hydrogen-bond donors (Lipinski definition) is 0. The smallest absolute Gasteiger partial charge is 0.311 e. The van der Waals surface area contributed by atoms with Crippen LogP contribution >= 0.6 is 23.2 Å². The van der Waals surface area contributed by atoms with Crippen LogP contribution in [0.5, 0.6) is 0 Å². The quantitative estimate of drug-likeness (QED) is 0.807. The summed E-state index contributed by atoms with van der Waals surface area (Å²) >= 11 is 12.0. The lowest BCUT2D eigenvalue weighted by molar-refractivity contribution is -0.147. The molecule has 0 radical (unpaired) electrons. The molecule has 4 nitrogen and oxygen atoms in total. The molecule has 0 saturated carbocycles. The van der Waals surface area contributed by atoms with E-state index in [1.165, 1.54) is 4.90 Å². The lowest BCUT2D eigenvalue weighted by atomic mass is 10.1. The van der Waals surface area contributed by atoms with Gasteiger partial charge in [0.05, 0.1) is 28.3 Å². The van der Waals surface area contributed by atoms with E-state index in [2.05, 4.69) is 0 Å². The van der Waals surface area contributed by atoms with Crippen LogP contribution in [0.15, 0.2) is 18.2 Å². The van der Waals surface area contributed by atoms with Crippen LogP contribution in [0.4, 0.5) is 5.69 Å². The average molecular weight is 302 g/mol. The van der Waals surface area contributed by atoms with E-state index >= 15 is 0 Å². The maximum absolute atomic E-state index is 12.0. The Hall–Kier alpha value is -1.26. The van der Waals surface area contributed by atoms with E-state index in [0.29, 0.717) is 22.3 Å². The lowest BCUT2D eigenvalue weighted by Crippen LogP contribution is -2.26. The topological polar surface area (TPSA) is 46.6 Å². The minimum atomic E-state index is -0.442. The van der Waals surface area contributed by atoms with Crippen molar-refractivity contribution >= 4 is 40.8 Å². The Bertz CT molecular complexity index is 519. The molecule has 6 heteroatoms. The van der Waals surface area contributed by atoms with Gasteiger partial charge in [0.2, 0.25) is 5.91 Å². The van der Waals surface area contributed by atoms with E-state index in [-0.39, 0.29) is 24.8 Å². The number of nitrogens with zero attached hydrogens (tertiary/aromatic N) is 1. The molecule has 1 aliphatic heterocycles. The molecule has 1 saturated heterocycles. The Kier molecular flexibility index (Phi) is 4.32. The normalized spacial score (nSPS) is 18.8. The standard InChI is InChI=1S/C13H13Cl2NO3/c1-2-19-13(18)8-6-11(17)16(7-8)10-5-3-4-9(14)12(10)15/h3-5,8H,2,6-7H2,1H3/t8-/m0/s1. The van der Waals surface area contributed by atoms with Gasteiger partial charge in [0, 0.05) is 13.0 Å². The van der Waals surface area contributed by atoms with Crippen LogP contribution in [0.3, 0.4) is 0 Å². The summed E-state index contributed by atoms with van der Waals surface area (Å²) < 4.78 is 4.94. The molecule has 1 aliphatic rings. The van der Waals surface area contributed by atoms with Gasteiger partial charge in [-0.3, -0.25) is 9.59 Å². The maximum atomic E-state index is 12.0. The Morgan fingerprint density at radius 2 is 2.21 bits per heavy atom. The first-order valence-electron chi connectivity index (χ1n) is 5.95. The van der Waals surface area contributed by atoms with Gasteiger partial charge in [-0.25, -0.2) is 0 Å². The van der Waals surface area contributed by atoms with Gasteiger partial charge in [-0.05, 0) is 19.1 Å². The predicted molar refractivity (Wildman–Crippen MR) is 73.6 cm³/mol. The summed E-state index contributed by atoms with van der Waals surface area (Å²) in [6, 6.07) is 5.07. The number of rotatable bonds is 3. The van der Waals surface area contributed by atoms with Crippen molar-refractivity contribution in [2.45, 2.75) is 13.3 Å². The van der Waals surface area contributed by atoms with Crippen LogP contribution in [0, 0.1) is 5.92 Å². The van der Waals surface area contributed by atoms with Gasteiger partial charge in [0.25, 0.3) is 0 Å². The van der Waals surface area contributed by atoms with Crippen molar-refractivity contribution in [3.8, 4) is 0 Å². The van der Waals surface area contributed by atoms with Crippen LogP contribution in [0.2, 0.25) is 10.0 Å². The van der Waals surface area contributed by atoms with Gasteiger partial charge >= 0.3 is 5.97 Å². The first-order chi connectivity index (χ1) is 9.04. The number of carbonyl (C=O) groups is 2. The lowest BCUT2D eigenvalue weighted by Gasteiger charge is -2.18. The van der Waals surface area contributed by atoms with Crippen LogP contribution in [0.1, 0.15) is 13.3 Å². The van der Waals surface area contributed by atoms with Crippen molar-refractivity contribution in [1.82, 2.24) is 0 Å². The number of halogens is 2. The highest BCUT2D eigenvalue weighted by atomic mass is 35.5. The number of ether oxygens (including phenoxy) is 1. The summed E-state index contributed by atoms with van der Waals surface area (Å²) in [6.07, 6.45) is 0.141. The second kappa shape index (κ2) is 5.80. The average Bonchev–Trinajstić information content (AvgIpc) is 2.75. The third kappa shape index (κ3) is 2.85.